The molecular weight excluding hydrogens is 266 g/mol. The van der Waals surface area contributed by atoms with Gasteiger partial charge >= 0.3 is 14.2 Å². The van der Waals surface area contributed by atoms with Crippen molar-refractivity contribution in [1.82, 2.24) is 0 Å². The monoisotopic (exact) mass is 298 g/mol. The molecule has 1 fully saturated rings. The van der Waals surface area contributed by atoms with Crippen molar-refractivity contribution in [3.8, 4) is 0 Å². The molecule has 0 bridgehead atoms. The van der Waals surface area contributed by atoms with Crippen LogP contribution in [0.5, 0.6) is 0 Å². The van der Waals surface area contributed by atoms with Gasteiger partial charge in [-0.3, -0.25) is 0 Å². The molecule has 1 saturated heterocycles. The van der Waals surface area contributed by atoms with Crippen LogP contribution in [-0.2, 0) is 18.6 Å². The van der Waals surface area contributed by atoms with Crippen LogP contribution in [0.15, 0.2) is 24.3 Å². The van der Waals surface area contributed by atoms with E-state index >= 15 is 0 Å². The number of rotatable bonds is 4. The molecule has 1 unspecified atom stereocenters. The minimum Gasteiger partial charge on any atom is -0.412 e. The smallest absolute Gasteiger partial charge is 0.412 e. The highest BCUT2D eigenvalue weighted by molar-refractivity contribution is 6.44. The van der Waals surface area contributed by atoms with Gasteiger partial charge in [0, 0.05) is 6.61 Å². The normalized spacial score (nSPS) is 18.0. The van der Waals surface area contributed by atoms with Crippen molar-refractivity contribution in [2.24, 2.45) is 0 Å². The third-order valence-corrected chi connectivity index (χ3v) is 2.31. The van der Waals surface area contributed by atoms with Crippen LogP contribution in [0.1, 0.15) is 41.0 Å². The maximum atomic E-state index is 5.57. The van der Waals surface area contributed by atoms with Crippen LogP contribution in [0.25, 0.3) is 0 Å². The maximum Gasteiger partial charge on any atom is 0.456 e. The van der Waals surface area contributed by atoms with E-state index in [0.29, 0.717) is 13.4 Å². The molecular formula is C15H32B2O4. The summed E-state index contributed by atoms with van der Waals surface area (Å²) in [7, 11) is -0.0360. The van der Waals surface area contributed by atoms with Crippen LogP contribution in [0.3, 0.4) is 0 Å². The Hall–Kier alpha value is -0.550. The number of allylic oxidation sites excluding steroid dienone is 2. The Morgan fingerprint density at radius 2 is 1.76 bits per heavy atom. The van der Waals surface area contributed by atoms with Crippen molar-refractivity contribution < 1.29 is 18.6 Å². The molecule has 2 aliphatic rings. The zero-order chi connectivity index (χ0) is 16.5. The molecule has 1 aliphatic heterocycles. The van der Waals surface area contributed by atoms with E-state index in [-0.39, 0.29) is 20.3 Å². The Morgan fingerprint density at radius 1 is 1.19 bits per heavy atom. The van der Waals surface area contributed by atoms with E-state index in [1.807, 2.05) is 60.4 Å². The predicted molar refractivity (Wildman–Crippen MR) is 92.4 cm³/mol. The molecule has 0 N–H and O–H groups in total. The highest BCUT2D eigenvalue weighted by atomic mass is 16.8. The molecule has 6 heteroatoms. The van der Waals surface area contributed by atoms with Gasteiger partial charge in [-0.1, -0.05) is 52.0 Å². The Kier molecular flexibility index (Phi) is 18.9. The fourth-order valence-electron chi connectivity index (χ4n) is 1.38. The third-order valence-electron chi connectivity index (χ3n) is 2.31. The molecule has 0 saturated carbocycles. The molecule has 0 radical (unpaired) electrons. The van der Waals surface area contributed by atoms with Gasteiger partial charge in [0.1, 0.15) is 6.79 Å². The molecule has 1 aliphatic carbocycles. The zero-order valence-corrected chi connectivity index (χ0v) is 14.8. The van der Waals surface area contributed by atoms with Crippen LogP contribution in [0.4, 0.5) is 0 Å². The largest absolute Gasteiger partial charge is 0.456 e. The highest BCUT2D eigenvalue weighted by Crippen LogP contribution is 2.08. The van der Waals surface area contributed by atoms with Gasteiger partial charge in [0.15, 0.2) is 0 Å². The number of hydrogen-bond donors (Lipinski definition) is 0. The predicted octanol–water partition coefficient (Wildman–Crippen LogP) is 4.20. The van der Waals surface area contributed by atoms with E-state index in [2.05, 4.69) is 12.2 Å². The summed E-state index contributed by atoms with van der Waals surface area (Å²) in [5.74, 6) is 0. The molecule has 0 aromatic rings. The van der Waals surface area contributed by atoms with Gasteiger partial charge < -0.3 is 18.6 Å². The molecule has 1 atom stereocenters. The van der Waals surface area contributed by atoms with E-state index in [9.17, 15) is 0 Å². The van der Waals surface area contributed by atoms with Crippen LogP contribution in [0, 0.1) is 0 Å². The summed E-state index contributed by atoms with van der Waals surface area (Å²) in [6.45, 7) is 14.9. The van der Waals surface area contributed by atoms with Crippen molar-refractivity contribution in [3.63, 3.8) is 0 Å². The van der Waals surface area contributed by atoms with Gasteiger partial charge in [0.2, 0.25) is 0 Å². The van der Waals surface area contributed by atoms with Gasteiger partial charge in [-0.15, -0.1) is 0 Å². The van der Waals surface area contributed by atoms with Crippen molar-refractivity contribution in [2.75, 3.05) is 13.4 Å². The van der Waals surface area contributed by atoms with E-state index in [1.165, 1.54) is 0 Å². The second-order valence-corrected chi connectivity index (χ2v) is 3.77. The molecule has 0 aromatic carbocycles. The Balaban J connectivity index is 0. The van der Waals surface area contributed by atoms with Gasteiger partial charge in [-0.05, 0) is 27.0 Å². The molecule has 0 spiro atoms. The fourth-order valence-corrected chi connectivity index (χ4v) is 1.38. The zero-order valence-electron chi connectivity index (χ0n) is 14.8. The molecule has 1 heterocycles. The lowest BCUT2D eigenvalue weighted by Gasteiger charge is -2.18. The Morgan fingerprint density at radius 3 is 2.10 bits per heavy atom. The quantitative estimate of drug-likeness (QED) is 0.729. The van der Waals surface area contributed by atoms with Gasteiger partial charge in [0.05, 0.1) is 6.10 Å². The summed E-state index contributed by atoms with van der Waals surface area (Å²) < 4.78 is 20.3. The minimum absolute atomic E-state index is 0.0648. The first kappa shape index (κ1) is 22.7. The lowest BCUT2D eigenvalue weighted by atomic mass is 9.94. The van der Waals surface area contributed by atoms with Crippen LogP contribution >= 0.6 is 0 Å². The van der Waals surface area contributed by atoms with Crippen molar-refractivity contribution in [2.45, 2.75) is 60.8 Å². The first-order chi connectivity index (χ1) is 10.2. The lowest BCUT2D eigenvalue weighted by Crippen LogP contribution is -2.31. The van der Waals surface area contributed by atoms with E-state index < -0.39 is 0 Å². The van der Waals surface area contributed by atoms with Crippen molar-refractivity contribution in [3.05, 3.63) is 24.3 Å². The molecule has 122 valence electrons. The van der Waals surface area contributed by atoms with Gasteiger partial charge in [0.25, 0.3) is 0 Å². The van der Waals surface area contributed by atoms with E-state index in [4.69, 9.17) is 18.6 Å². The molecule has 0 aromatic heterocycles. The third kappa shape index (κ3) is 14.2. The summed E-state index contributed by atoms with van der Waals surface area (Å²) in [5, 5.41) is 0. The minimum atomic E-state index is -0.101. The first-order valence-corrected chi connectivity index (χ1v) is 8.06. The van der Waals surface area contributed by atoms with E-state index in [0.717, 1.165) is 6.42 Å². The van der Waals surface area contributed by atoms with Crippen molar-refractivity contribution in [1.29, 1.82) is 0 Å². The molecule has 2 rings (SSSR count). The van der Waals surface area contributed by atoms with Crippen LogP contribution < -0.4 is 0 Å². The average molecular weight is 298 g/mol. The topological polar surface area (TPSA) is 36.9 Å². The standard InChI is InChI=1S/C9H15BO2.C2H5BO2.2C2H6/c1-3-11-10(2)12-9-7-5-4-6-8-9;1-3-4-2-5-3;2*1-2/h4-7,9H,3,8H2,1-2H3;2H2,1H3;2*1-2H3. The van der Waals surface area contributed by atoms with Crippen LogP contribution in [0.2, 0.25) is 13.6 Å². The molecule has 21 heavy (non-hydrogen) atoms. The summed E-state index contributed by atoms with van der Waals surface area (Å²) >= 11 is 0. The van der Waals surface area contributed by atoms with Crippen LogP contribution in [-0.4, -0.2) is 33.7 Å². The summed E-state index contributed by atoms with van der Waals surface area (Å²) in [4.78, 5) is 0. The second kappa shape index (κ2) is 17.5. The van der Waals surface area contributed by atoms with Crippen molar-refractivity contribution >= 4 is 14.2 Å². The van der Waals surface area contributed by atoms with Gasteiger partial charge in [-0.2, -0.15) is 0 Å². The highest BCUT2D eigenvalue weighted by Gasteiger charge is 2.17. The maximum absolute atomic E-state index is 5.57. The summed E-state index contributed by atoms with van der Waals surface area (Å²) in [6.07, 6.45) is 9.33. The van der Waals surface area contributed by atoms with Gasteiger partial charge in [-0.25, -0.2) is 0 Å². The Bertz CT molecular complexity index is 256. The number of hydrogen-bond acceptors (Lipinski definition) is 4. The SMILES string of the molecule is CB1OCO1.CC.CC.CCOB(C)OC1C=CC=CC1. The van der Waals surface area contributed by atoms with E-state index in [1.54, 1.807) is 0 Å². The summed E-state index contributed by atoms with van der Waals surface area (Å²) in [5.41, 5.74) is 0. The fraction of sp³-hybridized carbons (Fsp3) is 0.733. The summed E-state index contributed by atoms with van der Waals surface area (Å²) in [6, 6.07) is 0. The first-order valence-electron chi connectivity index (χ1n) is 8.06. The molecule has 0 amide bonds. The second-order valence-electron chi connectivity index (χ2n) is 3.77. The average Bonchev–Trinajstić information content (AvgIpc) is 2.51. The molecule has 4 nitrogen and oxygen atoms in total. The Labute approximate surface area is 132 Å². The lowest BCUT2D eigenvalue weighted by molar-refractivity contribution is -0.00865.